The summed E-state index contributed by atoms with van der Waals surface area (Å²) < 4.78 is 0. The van der Waals surface area contributed by atoms with Crippen molar-refractivity contribution in [1.29, 1.82) is 0 Å². The third-order valence-electron chi connectivity index (χ3n) is 5.14. The van der Waals surface area contributed by atoms with Crippen molar-refractivity contribution < 1.29 is 4.79 Å². The number of amides is 1. The molecule has 1 aromatic heterocycles. The number of carbonyl (C=O) groups is 1. The van der Waals surface area contributed by atoms with E-state index in [1.165, 1.54) is 43.0 Å². The Bertz CT molecular complexity index is 702. The fourth-order valence-electron chi connectivity index (χ4n) is 4.01. The van der Waals surface area contributed by atoms with E-state index >= 15 is 0 Å². The highest BCUT2D eigenvalue weighted by atomic mass is 32.2. The summed E-state index contributed by atoms with van der Waals surface area (Å²) in [5.74, 6) is 2.88. The summed E-state index contributed by atoms with van der Waals surface area (Å²) in [4.78, 5) is 16.6. The number of hydrogen-bond acceptors (Lipinski definition) is 4. The maximum absolute atomic E-state index is 12.1. The molecule has 0 aliphatic heterocycles. The molecule has 0 saturated heterocycles. The van der Waals surface area contributed by atoms with E-state index in [1.54, 1.807) is 0 Å². The van der Waals surface area contributed by atoms with Gasteiger partial charge in [-0.3, -0.25) is 9.89 Å². The molecule has 2 bridgehead atoms. The van der Waals surface area contributed by atoms with Crippen LogP contribution in [0.3, 0.4) is 0 Å². The largest absolute Gasteiger partial charge is 0.352 e. The topological polar surface area (TPSA) is 70.7 Å². The van der Waals surface area contributed by atoms with Gasteiger partial charge in [-0.2, -0.15) is 0 Å². The first-order valence-corrected chi connectivity index (χ1v) is 9.62. The number of rotatable bonds is 6. The van der Waals surface area contributed by atoms with Crippen molar-refractivity contribution in [2.75, 3.05) is 5.75 Å². The van der Waals surface area contributed by atoms with Gasteiger partial charge >= 0.3 is 0 Å². The monoisotopic (exact) mass is 342 g/mol. The summed E-state index contributed by atoms with van der Waals surface area (Å²) >= 11 is 1.40. The highest BCUT2D eigenvalue weighted by Gasteiger charge is 2.39. The van der Waals surface area contributed by atoms with Crippen molar-refractivity contribution in [3.05, 3.63) is 41.7 Å². The van der Waals surface area contributed by atoms with Gasteiger partial charge < -0.3 is 5.32 Å². The molecule has 24 heavy (non-hydrogen) atoms. The molecule has 6 heteroatoms. The Morgan fingerprint density at radius 2 is 2.12 bits per heavy atom. The van der Waals surface area contributed by atoms with E-state index in [1.807, 2.05) is 18.2 Å². The molecule has 2 aliphatic carbocycles. The minimum Gasteiger partial charge on any atom is -0.352 e. The van der Waals surface area contributed by atoms with E-state index in [2.05, 4.69) is 32.6 Å². The number of carbonyl (C=O) groups excluding carboxylic acids is 1. The number of nitrogens with one attached hydrogen (secondary N) is 2. The quantitative estimate of drug-likeness (QED) is 0.792. The van der Waals surface area contributed by atoms with Crippen LogP contribution in [0.5, 0.6) is 0 Å². The van der Waals surface area contributed by atoms with Crippen LogP contribution in [0.15, 0.2) is 35.5 Å². The lowest BCUT2D eigenvalue weighted by Gasteiger charge is -2.22. The van der Waals surface area contributed by atoms with Gasteiger partial charge in [-0.05, 0) is 36.7 Å². The normalized spacial score (nSPS) is 25.1. The van der Waals surface area contributed by atoms with Crippen LogP contribution in [0.2, 0.25) is 0 Å². The number of nitrogens with zero attached hydrogens (tertiary/aromatic N) is 2. The average molecular weight is 342 g/mol. The molecule has 0 radical (unpaired) electrons. The van der Waals surface area contributed by atoms with Crippen molar-refractivity contribution in [3.63, 3.8) is 0 Å². The minimum atomic E-state index is 0.104. The summed E-state index contributed by atoms with van der Waals surface area (Å²) in [6.07, 6.45) is 5.84. The molecule has 4 rings (SSSR count). The van der Waals surface area contributed by atoms with Crippen LogP contribution < -0.4 is 5.32 Å². The fraction of sp³-hybridized carbons (Fsp3) is 0.500. The van der Waals surface area contributed by atoms with E-state index in [4.69, 9.17) is 0 Å². The first kappa shape index (κ1) is 15.7. The summed E-state index contributed by atoms with van der Waals surface area (Å²) in [6, 6.07) is 10.6. The van der Waals surface area contributed by atoms with Crippen LogP contribution in [-0.4, -0.2) is 32.9 Å². The maximum atomic E-state index is 12.1. The van der Waals surface area contributed by atoms with E-state index in [0.29, 0.717) is 22.9 Å². The van der Waals surface area contributed by atoms with Crippen LogP contribution >= 0.6 is 11.8 Å². The number of thioether (sulfide) groups is 1. The molecule has 1 heterocycles. The van der Waals surface area contributed by atoms with Crippen molar-refractivity contribution in [1.82, 2.24) is 20.5 Å². The third-order valence-corrected chi connectivity index (χ3v) is 5.99. The van der Waals surface area contributed by atoms with E-state index < -0.39 is 0 Å². The molecular weight excluding hydrogens is 320 g/mol. The van der Waals surface area contributed by atoms with Gasteiger partial charge in [0.05, 0.1) is 5.75 Å². The lowest BCUT2D eigenvalue weighted by molar-refractivity contribution is -0.119. The second-order valence-electron chi connectivity index (χ2n) is 6.86. The number of H-pyrrole nitrogens is 1. The molecule has 3 atom stereocenters. The van der Waals surface area contributed by atoms with Crippen LogP contribution in [0, 0.1) is 11.8 Å². The van der Waals surface area contributed by atoms with Gasteiger partial charge in [0.2, 0.25) is 11.1 Å². The zero-order valence-electron chi connectivity index (χ0n) is 13.6. The van der Waals surface area contributed by atoms with Gasteiger partial charge in [0.1, 0.15) is 5.82 Å². The molecule has 1 aromatic carbocycles. The lowest BCUT2D eigenvalue weighted by atomic mass is 9.95. The Kier molecular flexibility index (Phi) is 4.56. The lowest BCUT2D eigenvalue weighted by Crippen LogP contribution is -2.39. The van der Waals surface area contributed by atoms with E-state index in [9.17, 15) is 4.79 Å². The molecule has 2 fully saturated rings. The molecule has 126 valence electrons. The van der Waals surface area contributed by atoms with Crippen molar-refractivity contribution in [2.24, 2.45) is 11.8 Å². The molecular formula is C18H22N4OS. The average Bonchev–Trinajstić information content (AvgIpc) is 3.31. The summed E-state index contributed by atoms with van der Waals surface area (Å²) in [5.41, 5.74) is 1.19. The number of benzene rings is 1. The zero-order chi connectivity index (χ0) is 16.4. The van der Waals surface area contributed by atoms with Gasteiger partial charge in [0.15, 0.2) is 0 Å². The summed E-state index contributed by atoms with van der Waals surface area (Å²) in [7, 11) is 0. The van der Waals surface area contributed by atoms with Crippen LogP contribution in [-0.2, 0) is 11.2 Å². The number of fused-ring (bicyclic) bond motifs is 2. The molecule has 2 N–H and O–H groups in total. The highest BCUT2D eigenvalue weighted by Crippen LogP contribution is 2.44. The number of hydrogen-bond donors (Lipinski definition) is 2. The van der Waals surface area contributed by atoms with Crippen molar-refractivity contribution >= 4 is 17.7 Å². The van der Waals surface area contributed by atoms with E-state index in [-0.39, 0.29) is 5.91 Å². The molecule has 2 saturated carbocycles. The Hall–Kier alpha value is -1.82. The number of aromatic nitrogens is 3. The van der Waals surface area contributed by atoms with Crippen molar-refractivity contribution in [3.8, 4) is 0 Å². The standard InChI is InChI=1S/C18H22N4OS/c23-17(19-15-9-13-6-7-14(15)8-13)11-24-18-20-16(21-22-18)10-12-4-2-1-3-5-12/h1-5,13-15H,6-11H2,(H,19,23)(H,20,21,22)/t13-,14+,15-/m0/s1. The first-order valence-electron chi connectivity index (χ1n) is 8.63. The SMILES string of the molecule is O=C(CSc1n[nH]c(Cc2ccccc2)n1)N[C@H]1C[C@H]2CC[C@@H]1C2. The Morgan fingerprint density at radius 3 is 2.88 bits per heavy atom. The Morgan fingerprint density at radius 1 is 1.25 bits per heavy atom. The third kappa shape index (κ3) is 3.64. The molecule has 2 aromatic rings. The molecule has 0 spiro atoms. The Balaban J connectivity index is 1.25. The first-order chi connectivity index (χ1) is 11.8. The maximum Gasteiger partial charge on any atom is 0.230 e. The zero-order valence-corrected chi connectivity index (χ0v) is 14.4. The van der Waals surface area contributed by atoms with Crippen LogP contribution in [0.1, 0.15) is 37.1 Å². The van der Waals surface area contributed by atoms with Gasteiger partial charge in [-0.25, -0.2) is 4.98 Å². The smallest absolute Gasteiger partial charge is 0.230 e. The van der Waals surface area contributed by atoms with Gasteiger partial charge in [0.25, 0.3) is 0 Å². The van der Waals surface area contributed by atoms with Gasteiger partial charge in [-0.1, -0.05) is 48.5 Å². The van der Waals surface area contributed by atoms with Gasteiger partial charge in [-0.15, -0.1) is 5.10 Å². The van der Waals surface area contributed by atoms with Crippen molar-refractivity contribution in [2.45, 2.75) is 43.3 Å². The summed E-state index contributed by atoms with van der Waals surface area (Å²) in [6.45, 7) is 0. The second kappa shape index (κ2) is 6.97. The highest BCUT2D eigenvalue weighted by molar-refractivity contribution is 7.99. The Labute approximate surface area is 146 Å². The predicted octanol–water partition coefficient (Wildman–Crippen LogP) is 2.79. The fourth-order valence-corrected chi connectivity index (χ4v) is 4.64. The van der Waals surface area contributed by atoms with Crippen LogP contribution in [0.4, 0.5) is 0 Å². The predicted molar refractivity (Wildman–Crippen MR) is 93.7 cm³/mol. The minimum absolute atomic E-state index is 0.104. The molecule has 2 aliphatic rings. The molecule has 5 nitrogen and oxygen atoms in total. The van der Waals surface area contributed by atoms with Crippen LogP contribution in [0.25, 0.3) is 0 Å². The van der Waals surface area contributed by atoms with E-state index in [0.717, 1.165) is 18.2 Å². The second-order valence-corrected chi connectivity index (χ2v) is 7.81. The molecule has 0 unspecified atom stereocenters. The number of aromatic amines is 1. The molecule has 1 amide bonds. The van der Waals surface area contributed by atoms with Gasteiger partial charge in [0, 0.05) is 12.5 Å². The summed E-state index contributed by atoms with van der Waals surface area (Å²) in [5, 5.41) is 11.0.